The van der Waals surface area contributed by atoms with Crippen molar-refractivity contribution in [3.8, 4) is 0 Å². The third kappa shape index (κ3) is 5.69. The molecular weight excluding hydrogens is 188 g/mol. The van der Waals surface area contributed by atoms with Crippen molar-refractivity contribution < 1.29 is 24.9 Å². The molecule has 0 aliphatic carbocycles. The van der Waals surface area contributed by atoms with E-state index in [1.165, 1.54) is 0 Å². The van der Waals surface area contributed by atoms with Crippen LogP contribution in [0.2, 0.25) is 0 Å². The van der Waals surface area contributed by atoms with Crippen molar-refractivity contribution >= 4 is 5.97 Å². The van der Waals surface area contributed by atoms with Gasteiger partial charge in [0, 0.05) is 12.2 Å². The van der Waals surface area contributed by atoms with Crippen molar-refractivity contribution in [1.29, 1.82) is 0 Å². The highest BCUT2D eigenvalue weighted by Crippen LogP contribution is 2.04. The smallest absolute Gasteiger partial charge is 0.333 e. The molecule has 14 heavy (non-hydrogen) atoms. The number of hydrogen-bond donors (Lipinski definition) is 3. The van der Waals surface area contributed by atoms with Gasteiger partial charge in [0.1, 0.15) is 12.7 Å². The molecule has 0 aliphatic heterocycles. The lowest BCUT2D eigenvalue weighted by Gasteiger charge is -2.09. The van der Waals surface area contributed by atoms with E-state index >= 15 is 0 Å². The van der Waals surface area contributed by atoms with Gasteiger partial charge in [-0.15, -0.1) is 0 Å². The summed E-state index contributed by atoms with van der Waals surface area (Å²) < 4.78 is 4.62. The molecule has 0 aromatic carbocycles. The molecule has 5 nitrogen and oxygen atoms in total. The SMILES string of the molecule is C=C(CCCO)C(=O)OCC(O)CO. The van der Waals surface area contributed by atoms with E-state index < -0.39 is 18.7 Å². The number of esters is 1. The highest BCUT2D eigenvalue weighted by atomic mass is 16.5. The first-order valence-electron chi connectivity index (χ1n) is 4.36. The van der Waals surface area contributed by atoms with Crippen LogP contribution < -0.4 is 0 Å². The van der Waals surface area contributed by atoms with Gasteiger partial charge in [-0.05, 0) is 12.8 Å². The molecule has 0 saturated heterocycles. The zero-order valence-electron chi connectivity index (χ0n) is 7.98. The van der Waals surface area contributed by atoms with Crippen LogP contribution in [0.1, 0.15) is 12.8 Å². The van der Waals surface area contributed by atoms with Gasteiger partial charge in [-0.3, -0.25) is 0 Å². The zero-order valence-corrected chi connectivity index (χ0v) is 7.98. The molecule has 0 radical (unpaired) electrons. The Labute approximate surface area is 82.6 Å². The minimum Gasteiger partial charge on any atom is -0.459 e. The second-order valence-electron chi connectivity index (χ2n) is 2.87. The maximum Gasteiger partial charge on any atom is 0.333 e. The molecule has 0 bridgehead atoms. The first-order chi connectivity index (χ1) is 6.61. The largest absolute Gasteiger partial charge is 0.459 e. The molecule has 0 heterocycles. The summed E-state index contributed by atoms with van der Waals surface area (Å²) in [7, 11) is 0. The Hall–Kier alpha value is -0.910. The van der Waals surface area contributed by atoms with E-state index in [4.69, 9.17) is 15.3 Å². The Bertz CT molecular complexity index is 190. The zero-order chi connectivity index (χ0) is 11.0. The Kier molecular flexibility index (Phi) is 7.00. The summed E-state index contributed by atoms with van der Waals surface area (Å²) in [5, 5.41) is 25.8. The third-order valence-electron chi connectivity index (χ3n) is 1.54. The van der Waals surface area contributed by atoms with Gasteiger partial charge in [-0.1, -0.05) is 6.58 Å². The Morgan fingerprint density at radius 2 is 2.07 bits per heavy atom. The minimum atomic E-state index is -1.05. The molecule has 0 rings (SSSR count). The standard InChI is InChI=1S/C9H16O5/c1-7(3-2-4-10)9(13)14-6-8(12)5-11/h8,10-12H,1-6H2. The van der Waals surface area contributed by atoms with Gasteiger partial charge in [0.15, 0.2) is 0 Å². The molecule has 1 atom stereocenters. The maximum absolute atomic E-state index is 11.1. The molecule has 3 N–H and O–H groups in total. The number of carbonyl (C=O) groups excluding carboxylic acids is 1. The van der Waals surface area contributed by atoms with E-state index in [0.29, 0.717) is 12.8 Å². The summed E-state index contributed by atoms with van der Waals surface area (Å²) in [6.07, 6.45) is -0.231. The van der Waals surface area contributed by atoms with Gasteiger partial charge >= 0.3 is 5.97 Å². The van der Waals surface area contributed by atoms with E-state index in [1.54, 1.807) is 0 Å². The normalized spacial score (nSPS) is 12.2. The van der Waals surface area contributed by atoms with Gasteiger partial charge in [0.2, 0.25) is 0 Å². The first kappa shape index (κ1) is 13.1. The number of ether oxygens (including phenoxy) is 1. The van der Waals surface area contributed by atoms with Crippen LogP contribution in [0.3, 0.4) is 0 Å². The quantitative estimate of drug-likeness (QED) is 0.374. The Morgan fingerprint density at radius 1 is 1.43 bits per heavy atom. The predicted octanol–water partition coefficient (Wildman–Crippen LogP) is -0.789. The van der Waals surface area contributed by atoms with E-state index in [-0.39, 0.29) is 18.8 Å². The summed E-state index contributed by atoms with van der Waals surface area (Å²) >= 11 is 0. The summed E-state index contributed by atoms with van der Waals surface area (Å²) in [6.45, 7) is 2.77. The number of aliphatic hydroxyl groups excluding tert-OH is 3. The number of aliphatic hydroxyl groups is 3. The van der Waals surface area contributed by atoms with Gasteiger partial charge in [-0.2, -0.15) is 0 Å². The molecule has 0 amide bonds. The minimum absolute atomic E-state index is 0.00837. The van der Waals surface area contributed by atoms with Crippen molar-refractivity contribution in [3.63, 3.8) is 0 Å². The second-order valence-corrected chi connectivity index (χ2v) is 2.87. The van der Waals surface area contributed by atoms with Crippen LogP contribution in [0.25, 0.3) is 0 Å². The van der Waals surface area contributed by atoms with Crippen molar-refractivity contribution in [2.45, 2.75) is 18.9 Å². The topological polar surface area (TPSA) is 87.0 Å². The lowest BCUT2D eigenvalue weighted by Crippen LogP contribution is -2.22. The molecule has 0 aromatic heterocycles. The van der Waals surface area contributed by atoms with E-state index in [9.17, 15) is 4.79 Å². The van der Waals surface area contributed by atoms with Gasteiger partial charge in [-0.25, -0.2) is 4.79 Å². The fraction of sp³-hybridized carbons (Fsp3) is 0.667. The van der Waals surface area contributed by atoms with Gasteiger partial charge in [0.05, 0.1) is 6.61 Å². The second kappa shape index (κ2) is 7.49. The lowest BCUT2D eigenvalue weighted by molar-refractivity contribution is -0.142. The van der Waals surface area contributed by atoms with E-state index in [1.807, 2.05) is 0 Å². The van der Waals surface area contributed by atoms with Crippen molar-refractivity contribution in [2.24, 2.45) is 0 Å². The van der Waals surface area contributed by atoms with Gasteiger partial charge in [0.25, 0.3) is 0 Å². The highest BCUT2D eigenvalue weighted by Gasteiger charge is 2.10. The van der Waals surface area contributed by atoms with Crippen molar-refractivity contribution in [3.05, 3.63) is 12.2 Å². The number of rotatable bonds is 7. The van der Waals surface area contributed by atoms with Crippen LogP contribution in [0.5, 0.6) is 0 Å². The maximum atomic E-state index is 11.1. The van der Waals surface area contributed by atoms with E-state index in [0.717, 1.165) is 0 Å². The van der Waals surface area contributed by atoms with Crippen LogP contribution >= 0.6 is 0 Å². The molecule has 82 valence electrons. The van der Waals surface area contributed by atoms with Crippen LogP contribution in [0, 0.1) is 0 Å². The molecule has 0 spiro atoms. The Morgan fingerprint density at radius 3 is 2.57 bits per heavy atom. The Balaban J connectivity index is 3.67. The molecule has 0 fully saturated rings. The van der Waals surface area contributed by atoms with Gasteiger partial charge < -0.3 is 20.1 Å². The molecule has 1 unspecified atom stereocenters. The molecule has 5 heteroatoms. The predicted molar refractivity (Wildman–Crippen MR) is 49.5 cm³/mol. The highest BCUT2D eigenvalue weighted by molar-refractivity contribution is 5.87. The van der Waals surface area contributed by atoms with E-state index in [2.05, 4.69) is 11.3 Å². The van der Waals surface area contributed by atoms with Crippen LogP contribution in [-0.4, -0.2) is 47.2 Å². The van der Waals surface area contributed by atoms with Crippen molar-refractivity contribution in [1.82, 2.24) is 0 Å². The summed E-state index contributed by atoms with van der Waals surface area (Å²) in [5.41, 5.74) is 0.254. The van der Waals surface area contributed by atoms with Crippen LogP contribution in [0.15, 0.2) is 12.2 Å². The first-order valence-corrected chi connectivity index (χ1v) is 4.36. The fourth-order valence-corrected chi connectivity index (χ4v) is 0.721. The molecule has 0 aromatic rings. The summed E-state index contributed by atoms with van der Waals surface area (Å²) in [5.74, 6) is -0.606. The fourth-order valence-electron chi connectivity index (χ4n) is 0.721. The number of hydrogen-bond acceptors (Lipinski definition) is 5. The lowest BCUT2D eigenvalue weighted by atomic mass is 10.2. The summed E-state index contributed by atoms with van der Waals surface area (Å²) in [4.78, 5) is 11.1. The molecular formula is C9H16O5. The molecule has 0 aliphatic rings. The average Bonchev–Trinajstić information content (AvgIpc) is 2.21. The monoisotopic (exact) mass is 204 g/mol. The van der Waals surface area contributed by atoms with Crippen molar-refractivity contribution in [2.75, 3.05) is 19.8 Å². The van der Waals surface area contributed by atoms with Crippen LogP contribution in [0.4, 0.5) is 0 Å². The summed E-state index contributed by atoms with van der Waals surface area (Å²) in [6, 6.07) is 0. The average molecular weight is 204 g/mol. The molecule has 0 saturated carbocycles. The number of carbonyl (C=O) groups is 1. The third-order valence-corrected chi connectivity index (χ3v) is 1.54. The van der Waals surface area contributed by atoms with Crippen LogP contribution in [-0.2, 0) is 9.53 Å².